The quantitative estimate of drug-likeness (QED) is 0.736. The molecule has 0 atom stereocenters. The molecule has 2 amide bonds. The third kappa shape index (κ3) is 5.96. The van der Waals surface area contributed by atoms with E-state index in [1.807, 2.05) is 34.6 Å². The van der Waals surface area contributed by atoms with Gasteiger partial charge in [-0.05, 0) is 26.7 Å². The van der Waals surface area contributed by atoms with Gasteiger partial charge in [0.2, 0.25) is 5.91 Å². The van der Waals surface area contributed by atoms with Crippen molar-refractivity contribution in [3.8, 4) is 0 Å². The Labute approximate surface area is 138 Å². The second-order valence-corrected chi connectivity index (χ2v) is 6.00. The van der Waals surface area contributed by atoms with Crippen molar-refractivity contribution < 1.29 is 9.59 Å². The number of aromatic nitrogens is 2. The van der Waals surface area contributed by atoms with Gasteiger partial charge in [-0.15, -0.1) is 0 Å². The van der Waals surface area contributed by atoms with Gasteiger partial charge in [-0.3, -0.25) is 14.6 Å². The molecule has 1 heterocycles. The molecular formula is C17H28N4O2. The van der Waals surface area contributed by atoms with Gasteiger partial charge < -0.3 is 9.80 Å². The van der Waals surface area contributed by atoms with Crippen LogP contribution in [0.2, 0.25) is 0 Å². The van der Waals surface area contributed by atoms with Crippen molar-refractivity contribution in [3.63, 3.8) is 0 Å². The number of amides is 2. The number of aryl methyl sites for hydroxylation is 1. The van der Waals surface area contributed by atoms with E-state index in [9.17, 15) is 9.59 Å². The van der Waals surface area contributed by atoms with Crippen LogP contribution in [-0.2, 0) is 4.79 Å². The lowest BCUT2D eigenvalue weighted by molar-refractivity contribution is -0.131. The number of carbonyl (C=O) groups excluding carboxylic acids is 2. The smallest absolute Gasteiger partial charge is 0.274 e. The highest BCUT2D eigenvalue weighted by atomic mass is 16.2. The standard InChI is InChI=1S/C17H28N4O2/c1-6-20(7-2)16(22)8-9-21(12-13(3)4)17(23)15-11-18-14(5)10-19-15/h10-11,13H,6-9,12H2,1-5H3. The molecule has 1 rings (SSSR count). The van der Waals surface area contributed by atoms with Gasteiger partial charge in [0.25, 0.3) is 5.91 Å². The van der Waals surface area contributed by atoms with Crippen LogP contribution in [0.4, 0.5) is 0 Å². The highest BCUT2D eigenvalue weighted by Gasteiger charge is 2.20. The summed E-state index contributed by atoms with van der Waals surface area (Å²) in [6.07, 6.45) is 3.42. The summed E-state index contributed by atoms with van der Waals surface area (Å²) in [4.78, 5) is 36.5. The van der Waals surface area contributed by atoms with E-state index in [1.54, 1.807) is 16.0 Å². The van der Waals surface area contributed by atoms with Crippen LogP contribution in [0.15, 0.2) is 12.4 Å². The van der Waals surface area contributed by atoms with Gasteiger partial charge in [0.05, 0.1) is 11.9 Å². The van der Waals surface area contributed by atoms with Crippen LogP contribution in [0.5, 0.6) is 0 Å². The molecule has 6 heteroatoms. The van der Waals surface area contributed by atoms with E-state index in [4.69, 9.17) is 0 Å². The Kier molecular flexibility index (Phi) is 7.65. The molecule has 128 valence electrons. The molecule has 0 aliphatic carbocycles. The van der Waals surface area contributed by atoms with Gasteiger partial charge in [0.1, 0.15) is 5.69 Å². The van der Waals surface area contributed by atoms with Gasteiger partial charge >= 0.3 is 0 Å². The molecule has 0 spiro atoms. The lowest BCUT2D eigenvalue weighted by Crippen LogP contribution is -2.39. The van der Waals surface area contributed by atoms with Gasteiger partial charge in [-0.25, -0.2) is 4.98 Å². The molecule has 23 heavy (non-hydrogen) atoms. The van der Waals surface area contributed by atoms with Crippen molar-refractivity contribution in [1.82, 2.24) is 19.8 Å². The molecule has 0 aliphatic rings. The molecule has 0 aliphatic heterocycles. The third-order valence-corrected chi connectivity index (χ3v) is 3.58. The molecule has 6 nitrogen and oxygen atoms in total. The Bertz CT molecular complexity index is 510. The fraction of sp³-hybridized carbons (Fsp3) is 0.647. The Morgan fingerprint density at radius 2 is 1.74 bits per heavy atom. The molecule has 0 saturated carbocycles. The number of rotatable bonds is 8. The summed E-state index contributed by atoms with van der Waals surface area (Å²) >= 11 is 0. The summed E-state index contributed by atoms with van der Waals surface area (Å²) in [6, 6.07) is 0. The fourth-order valence-electron chi connectivity index (χ4n) is 2.35. The average molecular weight is 320 g/mol. The van der Waals surface area contributed by atoms with Crippen LogP contribution in [0.25, 0.3) is 0 Å². The average Bonchev–Trinajstić information content (AvgIpc) is 2.52. The van der Waals surface area contributed by atoms with Gasteiger partial charge in [0, 0.05) is 38.8 Å². The Morgan fingerprint density at radius 1 is 1.09 bits per heavy atom. The molecule has 0 fully saturated rings. The molecule has 0 aromatic carbocycles. The summed E-state index contributed by atoms with van der Waals surface area (Å²) < 4.78 is 0. The predicted octanol–water partition coefficient (Wildman–Crippen LogP) is 2.14. The Hall–Kier alpha value is -1.98. The molecular weight excluding hydrogens is 292 g/mol. The second kappa shape index (κ2) is 9.22. The maximum atomic E-state index is 12.6. The first-order chi connectivity index (χ1) is 10.9. The largest absolute Gasteiger partial charge is 0.343 e. The minimum absolute atomic E-state index is 0.0755. The van der Waals surface area contributed by atoms with Crippen molar-refractivity contribution in [2.24, 2.45) is 5.92 Å². The number of nitrogens with zero attached hydrogens (tertiary/aromatic N) is 4. The van der Waals surface area contributed by atoms with Crippen LogP contribution in [0.1, 0.15) is 50.3 Å². The topological polar surface area (TPSA) is 66.4 Å². The maximum Gasteiger partial charge on any atom is 0.274 e. The normalized spacial score (nSPS) is 10.7. The molecule has 0 radical (unpaired) electrons. The maximum absolute atomic E-state index is 12.6. The Balaban J connectivity index is 2.77. The first kappa shape index (κ1) is 19.1. The summed E-state index contributed by atoms with van der Waals surface area (Å²) in [5.74, 6) is 0.228. The lowest BCUT2D eigenvalue weighted by atomic mass is 10.2. The highest BCUT2D eigenvalue weighted by Crippen LogP contribution is 2.07. The first-order valence-electron chi connectivity index (χ1n) is 8.24. The molecule has 0 N–H and O–H groups in total. The molecule has 0 unspecified atom stereocenters. The molecule has 1 aromatic heterocycles. The number of carbonyl (C=O) groups is 2. The summed E-state index contributed by atoms with van der Waals surface area (Å²) in [6.45, 7) is 12.2. The van der Waals surface area contributed by atoms with Crippen molar-refractivity contribution in [3.05, 3.63) is 23.8 Å². The van der Waals surface area contributed by atoms with Crippen molar-refractivity contribution in [2.45, 2.75) is 41.0 Å². The fourth-order valence-corrected chi connectivity index (χ4v) is 2.35. The van der Waals surface area contributed by atoms with E-state index in [0.717, 1.165) is 5.69 Å². The van der Waals surface area contributed by atoms with Crippen LogP contribution in [0.3, 0.4) is 0 Å². The third-order valence-electron chi connectivity index (χ3n) is 3.58. The zero-order valence-electron chi connectivity index (χ0n) is 14.9. The molecule has 0 saturated heterocycles. The van der Waals surface area contributed by atoms with E-state index in [1.165, 1.54) is 6.20 Å². The van der Waals surface area contributed by atoms with E-state index in [0.29, 0.717) is 44.2 Å². The van der Waals surface area contributed by atoms with Crippen molar-refractivity contribution >= 4 is 11.8 Å². The zero-order chi connectivity index (χ0) is 17.4. The highest BCUT2D eigenvalue weighted by molar-refractivity contribution is 5.92. The Morgan fingerprint density at radius 3 is 2.22 bits per heavy atom. The van der Waals surface area contributed by atoms with Gasteiger partial charge in [-0.2, -0.15) is 0 Å². The van der Waals surface area contributed by atoms with E-state index < -0.39 is 0 Å². The van der Waals surface area contributed by atoms with Gasteiger partial charge in [0.15, 0.2) is 0 Å². The summed E-state index contributed by atoms with van der Waals surface area (Å²) in [5.41, 5.74) is 1.10. The van der Waals surface area contributed by atoms with Crippen molar-refractivity contribution in [2.75, 3.05) is 26.2 Å². The van der Waals surface area contributed by atoms with Crippen molar-refractivity contribution in [1.29, 1.82) is 0 Å². The number of hydrogen-bond acceptors (Lipinski definition) is 4. The minimum atomic E-state index is -0.168. The number of hydrogen-bond donors (Lipinski definition) is 0. The lowest BCUT2D eigenvalue weighted by Gasteiger charge is -2.26. The van der Waals surface area contributed by atoms with Crippen LogP contribution >= 0.6 is 0 Å². The zero-order valence-corrected chi connectivity index (χ0v) is 14.9. The first-order valence-corrected chi connectivity index (χ1v) is 8.24. The van der Waals surface area contributed by atoms with Crippen LogP contribution in [-0.4, -0.2) is 57.8 Å². The molecule has 1 aromatic rings. The summed E-state index contributed by atoms with van der Waals surface area (Å²) in [7, 11) is 0. The second-order valence-electron chi connectivity index (χ2n) is 6.00. The van der Waals surface area contributed by atoms with Gasteiger partial charge in [-0.1, -0.05) is 13.8 Å². The summed E-state index contributed by atoms with van der Waals surface area (Å²) in [5, 5.41) is 0. The van der Waals surface area contributed by atoms with Crippen LogP contribution < -0.4 is 0 Å². The molecule has 0 bridgehead atoms. The monoisotopic (exact) mass is 320 g/mol. The SMILES string of the molecule is CCN(CC)C(=O)CCN(CC(C)C)C(=O)c1cnc(C)cn1. The van der Waals surface area contributed by atoms with E-state index >= 15 is 0 Å². The van der Waals surface area contributed by atoms with E-state index in [-0.39, 0.29) is 11.8 Å². The van der Waals surface area contributed by atoms with E-state index in [2.05, 4.69) is 9.97 Å². The van der Waals surface area contributed by atoms with Crippen LogP contribution in [0, 0.1) is 12.8 Å². The predicted molar refractivity (Wildman–Crippen MR) is 90.1 cm³/mol. The minimum Gasteiger partial charge on any atom is -0.343 e.